The summed E-state index contributed by atoms with van der Waals surface area (Å²) in [7, 11) is 0. The van der Waals surface area contributed by atoms with E-state index >= 15 is 0 Å². The molecule has 2 bridgehead atoms. The van der Waals surface area contributed by atoms with E-state index in [1.807, 2.05) is 24.3 Å². The van der Waals surface area contributed by atoms with Crippen LogP contribution in [0.3, 0.4) is 0 Å². The van der Waals surface area contributed by atoms with Crippen LogP contribution < -0.4 is 4.90 Å². The number of nitrogens with zero attached hydrogens (tertiary/aromatic N) is 1. The van der Waals surface area contributed by atoms with Crippen molar-refractivity contribution in [1.29, 1.82) is 0 Å². The summed E-state index contributed by atoms with van der Waals surface area (Å²) in [5, 5.41) is 0. The molecule has 0 aromatic heterocycles. The highest BCUT2D eigenvalue weighted by atomic mass is 16.2. The van der Waals surface area contributed by atoms with Gasteiger partial charge in [0.2, 0.25) is 11.8 Å². The molecular formula is C19H19NO2. The van der Waals surface area contributed by atoms with Crippen LogP contribution in [0.4, 0.5) is 5.69 Å². The molecule has 3 nitrogen and oxygen atoms in total. The lowest BCUT2D eigenvalue weighted by molar-refractivity contribution is -0.124. The third-order valence-electron chi connectivity index (χ3n) is 6.28. The van der Waals surface area contributed by atoms with E-state index < -0.39 is 0 Å². The average molecular weight is 293 g/mol. The third-order valence-corrected chi connectivity index (χ3v) is 6.28. The Balaban J connectivity index is 1.60. The van der Waals surface area contributed by atoms with Gasteiger partial charge in [-0.25, -0.2) is 4.90 Å². The standard InChI is InChI=1S/C19H19NO2/c1-2-10-5-3-4-6-15(10)20-18(21)16-11-7-8-12(14-9-13(11)14)17(16)19(20)22/h3-8,11-14,16-17H,2,9H2,1H3/t11-,12-,13-,14+,16+,17+/m0/s1. The predicted molar refractivity (Wildman–Crippen MR) is 83.0 cm³/mol. The smallest absolute Gasteiger partial charge is 0.238 e. The molecule has 0 N–H and O–H groups in total. The number of hydrogen-bond donors (Lipinski definition) is 0. The molecule has 1 aliphatic heterocycles. The number of allylic oxidation sites excluding steroid dienone is 2. The maximum Gasteiger partial charge on any atom is 0.238 e. The van der Waals surface area contributed by atoms with Gasteiger partial charge < -0.3 is 0 Å². The molecule has 5 aliphatic rings. The second-order valence-corrected chi connectivity index (χ2v) is 7.15. The highest BCUT2D eigenvalue weighted by Crippen LogP contribution is 2.65. The molecule has 2 saturated carbocycles. The third kappa shape index (κ3) is 1.37. The Labute approximate surface area is 130 Å². The molecule has 1 saturated heterocycles. The second-order valence-electron chi connectivity index (χ2n) is 7.15. The van der Waals surface area contributed by atoms with Crippen LogP contribution in [-0.4, -0.2) is 11.8 Å². The van der Waals surface area contributed by atoms with Crippen LogP contribution in [-0.2, 0) is 16.0 Å². The monoisotopic (exact) mass is 293 g/mol. The Bertz CT molecular complexity index is 686. The molecule has 0 spiro atoms. The van der Waals surface area contributed by atoms with Crippen LogP contribution in [0.25, 0.3) is 0 Å². The lowest BCUT2D eigenvalue weighted by atomic mass is 9.63. The van der Waals surface area contributed by atoms with Gasteiger partial charge in [-0.2, -0.15) is 0 Å². The van der Waals surface area contributed by atoms with Crippen molar-refractivity contribution in [2.45, 2.75) is 19.8 Å². The fourth-order valence-electron chi connectivity index (χ4n) is 5.22. The maximum atomic E-state index is 13.0. The Morgan fingerprint density at radius 2 is 1.59 bits per heavy atom. The number of amides is 2. The summed E-state index contributed by atoms with van der Waals surface area (Å²) in [4.78, 5) is 27.6. The molecule has 112 valence electrons. The lowest BCUT2D eigenvalue weighted by Gasteiger charge is -2.37. The number of carbonyl (C=O) groups excluding carboxylic acids is 2. The molecule has 3 heteroatoms. The minimum Gasteiger partial charge on any atom is -0.274 e. The van der Waals surface area contributed by atoms with Gasteiger partial charge in [0.05, 0.1) is 17.5 Å². The minimum absolute atomic E-state index is 0.0422. The summed E-state index contributed by atoms with van der Waals surface area (Å²) in [6.45, 7) is 2.07. The topological polar surface area (TPSA) is 37.4 Å². The van der Waals surface area contributed by atoms with Crippen molar-refractivity contribution in [3.63, 3.8) is 0 Å². The van der Waals surface area contributed by atoms with Gasteiger partial charge in [-0.05, 0) is 48.1 Å². The Morgan fingerprint density at radius 1 is 1.00 bits per heavy atom. The van der Waals surface area contributed by atoms with Gasteiger partial charge in [0, 0.05) is 0 Å². The van der Waals surface area contributed by atoms with Gasteiger partial charge in [0.25, 0.3) is 0 Å². The van der Waals surface area contributed by atoms with Crippen molar-refractivity contribution in [3.05, 3.63) is 42.0 Å². The van der Waals surface area contributed by atoms with E-state index in [9.17, 15) is 9.59 Å². The van der Waals surface area contributed by atoms with Gasteiger partial charge in [0.1, 0.15) is 0 Å². The number of carbonyl (C=O) groups is 2. The van der Waals surface area contributed by atoms with E-state index in [4.69, 9.17) is 0 Å². The van der Waals surface area contributed by atoms with Crippen molar-refractivity contribution in [3.8, 4) is 0 Å². The molecule has 6 rings (SSSR count). The SMILES string of the molecule is CCc1ccccc1N1C(=O)[C@@H]2[C@H]3C=C[C@@H]([C@@H]4C[C@H]34)[C@H]2C1=O. The van der Waals surface area contributed by atoms with Crippen molar-refractivity contribution in [2.75, 3.05) is 4.90 Å². The van der Waals surface area contributed by atoms with E-state index in [-0.39, 0.29) is 23.7 Å². The number of rotatable bonds is 2. The molecule has 0 unspecified atom stereocenters. The molecule has 4 aliphatic carbocycles. The summed E-state index contributed by atoms with van der Waals surface area (Å²) >= 11 is 0. The zero-order valence-corrected chi connectivity index (χ0v) is 12.6. The van der Waals surface area contributed by atoms with E-state index in [0.29, 0.717) is 23.7 Å². The first-order valence-corrected chi connectivity index (χ1v) is 8.36. The number of anilines is 1. The fraction of sp³-hybridized carbons (Fsp3) is 0.474. The van der Waals surface area contributed by atoms with E-state index in [1.165, 1.54) is 11.3 Å². The number of aryl methyl sites for hydroxylation is 1. The number of imide groups is 1. The number of para-hydroxylation sites is 1. The van der Waals surface area contributed by atoms with Crippen molar-refractivity contribution < 1.29 is 9.59 Å². The average Bonchev–Trinajstić information content (AvgIpc) is 3.32. The van der Waals surface area contributed by atoms with Crippen molar-refractivity contribution in [2.24, 2.45) is 35.5 Å². The molecule has 1 aromatic rings. The Hall–Kier alpha value is -1.90. The summed E-state index contributed by atoms with van der Waals surface area (Å²) in [5.41, 5.74) is 1.88. The second kappa shape index (κ2) is 4.09. The molecular weight excluding hydrogens is 274 g/mol. The van der Waals surface area contributed by atoms with Crippen LogP contribution in [0.1, 0.15) is 18.9 Å². The highest BCUT2D eigenvalue weighted by Gasteiger charge is 2.67. The number of benzene rings is 1. The predicted octanol–water partition coefficient (Wildman–Crippen LogP) is 2.81. The Kier molecular flexibility index (Phi) is 2.35. The van der Waals surface area contributed by atoms with E-state index in [2.05, 4.69) is 19.1 Å². The molecule has 2 amide bonds. The summed E-state index contributed by atoms with van der Waals surface area (Å²) in [5.74, 6) is 1.81. The Morgan fingerprint density at radius 3 is 2.18 bits per heavy atom. The number of hydrogen-bond acceptors (Lipinski definition) is 2. The molecule has 6 atom stereocenters. The lowest BCUT2D eigenvalue weighted by Crippen LogP contribution is -2.40. The van der Waals surface area contributed by atoms with E-state index in [1.54, 1.807) is 0 Å². The van der Waals surface area contributed by atoms with Crippen LogP contribution in [0, 0.1) is 35.5 Å². The molecule has 3 fully saturated rings. The fourth-order valence-corrected chi connectivity index (χ4v) is 5.22. The van der Waals surface area contributed by atoms with Crippen LogP contribution in [0.2, 0.25) is 0 Å². The van der Waals surface area contributed by atoms with Gasteiger partial charge in [-0.3, -0.25) is 9.59 Å². The molecule has 1 heterocycles. The van der Waals surface area contributed by atoms with Gasteiger partial charge in [-0.15, -0.1) is 0 Å². The zero-order valence-electron chi connectivity index (χ0n) is 12.6. The highest BCUT2D eigenvalue weighted by molar-refractivity contribution is 6.23. The molecule has 0 radical (unpaired) electrons. The first kappa shape index (κ1) is 12.6. The zero-order chi connectivity index (χ0) is 15.0. The first-order valence-electron chi connectivity index (χ1n) is 8.36. The quantitative estimate of drug-likeness (QED) is 0.621. The van der Waals surface area contributed by atoms with Gasteiger partial charge in [0.15, 0.2) is 0 Å². The van der Waals surface area contributed by atoms with E-state index in [0.717, 1.165) is 17.7 Å². The maximum absolute atomic E-state index is 13.0. The van der Waals surface area contributed by atoms with Crippen LogP contribution in [0.5, 0.6) is 0 Å². The van der Waals surface area contributed by atoms with Crippen molar-refractivity contribution in [1.82, 2.24) is 0 Å². The minimum atomic E-state index is -0.101. The van der Waals surface area contributed by atoms with Crippen molar-refractivity contribution >= 4 is 17.5 Å². The molecule has 22 heavy (non-hydrogen) atoms. The summed E-state index contributed by atoms with van der Waals surface area (Å²) in [6, 6.07) is 7.83. The van der Waals surface area contributed by atoms with Crippen LogP contribution in [0.15, 0.2) is 36.4 Å². The largest absolute Gasteiger partial charge is 0.274 e. The summed E-state index contributed by atoms with van der Waals surface area (Å²) in [6.07, 6.45) is 6.49. The molecule has 1 aromatic carbocycles. The van der Waals surface area contributed by atoms with Gasteiger partial charge >= 0.3 is 0 Å². The summed E-state index contributed by atoms with van der Waals surface area (Å²) < 4.78 is 0. The normalized spacial score (nSPS) is 40.9. The first-order chi connectivity index (χ1) is 10.7. The van der Waals surface area contributed by atoms with Gasteiger partial charge in [-0.1, -0.05) is 37.3 Å². The van der Waals surface area contributed by atoms with Crippen LogP contribution >= 0.6 is 0 Å².